The van der Waals surface area contributed by atoms with E-state index in [-0.39, 0.29) is 29.7 Å². The zero-order valence-electron chi connectivity index (χ0n) is 17.8. The van der Waals surface area contributed by atoms with E-state index in [1.54, 1.807) is 29.2 Å². The van der Waals surface area contributed by atoms with Crippen molar-refractivity contribution in [2.24, 2.45) is 5.92 Å². The zero-order valence-corrected chi connectivity index (χ0v) is 17.8. The molecule has 7 nitrogen and oxygen atoms in total. The minimum absolute atomic E-state index is 0.00722. The molecule has 2 aromatic carbocycles. The first kappa shape index (κ1) is 20.9. The molecular formula is C24H27N3O4. The van der Waals surface area contributed by atoms with Crippen LogP contribution in [0.1, 0.15) is 37.0 Å². The van der Waals surface area contributed by atoms with Gasteiger partial charge in [-0.05, 0) is 63.1 Å². The van der Waals surface area contributed by atoms with Gasteiger partial charge in [-0.25, -0.2) is 4.79 Å². The van der Waals surface area contributed by atoms with Gasteiger partial charge in [0.05, 0.1) is 12.2 Å². The Hall–Kier alpha value is -3.35. The lowest BCUT2D eigenvalue weighted by Gasteiger charge is -2.39. The number of likely N-dealkylation sites (tertiary alicyclic amines) is 1. The molecule has 0 saturated carbocycles. The van der Waals surface area contributed by atoms with Crippen molar-refractivity contribution in [3.63, 3.8) is 0 Å². The molecule has 7 heteroatoms. The number of piperidine rings is 1. The number of amides is 3. The number of fused-ring (bicyclic) bond motifs is 1. The average Bonchev–Trinajstić information content (AvgIpc) is 2.78. The SMILES string of the molecule is CC(=O)c1ccc(NC(=O)C2CCN(C(=O)N3C[C@H](C)Oc4ccccc43)CC2)cc1. The molecule has 0 unspecified atom stereocenters. The van der Waals surface area contributed by atoms with Crippen LogP contribution in [0.4, 0.5) is 16.2 Å². The summed E-state index contributed by atoms with van der Waals surface area (Å²) in [4.78, 5) is 40.8. The van der Waals surface area contributed by atoms with E-state index in [0.29, 0.717) is 43.7 Å². The summed E-state index contributed by atoms with van der Waals surface area (Å²) >= 11 is 0. The van der Waals surface area contributed by atoms with E-state index in [1.165, 1.54) is 6.92 Å². The largest absolute Gasteiger partial charge is 0.487 e. The molecule has 0 spiro atoms. The quantitative estimate of drug-likeness (QED) is 0.761. The summed E-state index contributed by atoms with van der Waals surface area (Å²) in [7, 11) is 0. The molecule has 0 radical (unpaired) electrons. The maximum absolute atomic E-state index is 13.2. The van der Waals surface area contributed by atoms with Gasteiger partial charge in [-0.15, -0.1) is 0 Å². The number of ether oxygens (including phenoxy) is 1. The summed E-state index contributed by atoms with van der Waals surface area (Å²) in [5, 5.41) is 2.92. The van der Waals surface area contributed by atoms with Gasteiger partial charge in [0.15, 0.2) is 5.78 Å². The number of carbonyl (C=O) groups excluding carboxylic acids is 3. The van der Waals surface area contributed by atoms with Crippen LogP contribution in [-0.4, -0.2) is 48.4 Å². The van der Waals surface area contributed by atoms with Crippen LogP contribution in [-0.2, 0) is 4.79 Å². The molecule has 1 saturated heterocycles. The zero-order chi connectivity index (χ0) is 22.0. The van der Waals surface area contributed by atoms with Crippen molar-refractivity contribution in [1.82, 2.24) is 4.90 Å². The molecule has 3 amide bonds. The van der Waals surface area contributed by atoms with Crippen molar-refractivity contribution in [2.45, 2.75) is 32.8 Å². The first-order valence-electron chi connectivity index (χ1n) is 10.7. The van der Waals surface area contributed by atoms with E-state index in [9.17, 15) is 14.4 Å². The van der Waals surface area contributed by atoms with Crippen molar-refractivity contribution in [3.8, 4) is 5.75 Å². The molecule has 1 fully saturated rings. The molecule has 1 atom stereocenters. The molecule has 1 N–H and O–H groups in total. The van der Waals surface area contributed by atoms with Gasteiger partial charge in [0, 0.05) is 30.3 Å². The van der Waals surface area contributed by atoms with E-state index < -0.39 is 0 Å². The highest BCUT2D eigenvalue weighted by Gasteiger charge is 2.33. The number of hydrogen-bond acceptors (Lipinski definition) is 4. The van der Waals surface area contributed by atoms with Crippen LogP contribution in [0.5, 0.6) is 5.75 Å². The Morgan fingerprint density at radius 3 is 2.35 bits per heavy atom. The minimum Gasteiger partial charge on any atom is -0.487 e. The molecule has 0 bridgehead atoms. The van der Waals surface area contributed by atoms with Gasteiger partial charge in [-0.1, -0.05) is 12.1 Å². The molecule has 2 aliphatic rings. The van der Waals surface area contributed by atoms with E-state index in [0.717, 1.165) is 11.4 Å². The summed E-state index contributed by atoms with van der Waals surface area (Å²) in [6.45, 7) is 5.04. The molecule has 2 heterocycles. The maximum atomic E-state index is 13.2. The Morgan fingerprint density at radius 1 is 1.00 bits per heavy atom. The number of carbonyl (C=O) groups is 3. The van der Waals surface area contributed by atoms with E-state index in [2.05, 4.69) is 5.32 Å². The number of benzene rings is 2. The van der Waals surface area contributed by atoms with Gasteiger partial charge in [0.2, 0.25) is 5.91 Å². The summed E-state index contributed by atoms with van der Waals surface area (Å²) in [5.41, 5.74) is 2.08. The summed E-state index contributed by atoms with van der Waals surface area (Å²) in [6, 6.07) is 14.4. The highest BCUT2D eigenvalue weighted by atomic mass is 16.5. The Morgan fingerprint density at radius 2 is 1.68 bits per heavy atom. The molecule has 0 aliphatic carbocycles. The first-order valence-corrected chi connectivity index (χ1v) is 10.7. The number of Topliss-reactive ketones (excluding diaryl/α,β-unsaturated/α-hetero) is 1. The van der Waals surface area contributed by atoms with Gasteiger partial charge in [-0.2, -0.15) is 0 Å². The fraction of sp³-hybridized carbons (Fsp3) is 0.375. The van der Waals surface area contributed by atoms with Gasteiger partial charge >= 0.3 is 6.03 Å². The number of nitrogens with one attached hydrogen (secondary N) is 1. The van der Waals surface area contributed by atoms with Gasteiger partial charge < -0.3 is 15.0 Å². The third-order valence-corrected chi connectivity index (χ3v) is 5.85. The fourth-order valence-electron chi connectivity index (χ4n) is 4.11. The fourth-order valence-corrected chi connectivity index (χ4v) is 4.11. The number of hydrogen-bond donors (Lipinski definition) is 1. The van der Waals surface area contributed by atoms with Crippen molar-refractivity contribution < 1.29 is 19.1 Å². The number of anilines is 2. The standard InChI is InChI=1S/C24H27N3O4/c1-16-15-27(21-5-3-4-6-22(21)31-16)24(30)26-13-11-19(12-14-26)23(29)25-20-9-7-18(8-10-20)17(2)28/h3-10,16,19H,11-15H2,1-2H3,(H,25,29)/t16-/m0/s1. The van der Waals surface area contributed by atoms with Crippen LogP contribution in [0.3, 0.4) is 0 Å². The monoisotopic (exact) mass is 421 g/mol. The third kappa shape index (κ3) is 4.55. The minimum atomic E-state index is -0.146. The third-order valence-electron chi connectivity index (χ3n) is 5.85. The molecule has 31 heavy (non-hydrogen) atoms. The van der Waals surface area contributed by atoms with Crippen molar-refractivity contribution in [1.29, 1.82) is 0 Å². The highest BCUT2D eigenvalue weighted by molar-refractivity contribution is 5.97. The lowest BCUT2D eigenvalue weighted by molar-refractivity contribution is -0.121. The Bertz CT molecular complexity index is 981. The van der Waals surface area contributed by atoms with Crippen molar-refractivity contribution in [2.75, 3.05) is 29.9 Å². The molecule has 162 valence electrons. The summed E-state index contributed by atoms with van der Waals surface area (Å²) in [6.07, 6.45) is 1.16. The average molecular weight is 421 g/mol. The van der Waals surface area contributed by atoms with Crippen LogP contribution in [0.15, 0.2) is 48.5 Å². The molecule has 4 rings (SSSR count). The van der Waals surface area contributed by atoms with Gasteiger partial charge in [0.1, 0.15) is 11.9 Å². The topological polar surface area (TPSA) is 79.0 Å². The summed E-state index contributed by atoms with van der Waals surface area (Å²) < 4.78 is 5.84. The van der Waals surface area contributed by atoms with Gasteiger partial charge in [0.25, 0.3) is 0 Å². The van der Waals surface area contributed by atoms with Crippen LogP contribution in [0, 0.1) is 5.92 Å². The maximum Gasteiger partial charge on any atom is 0.324 e. The molecule has 0 aromatic heterocycles. The Labute approximate surface area is 182 Å². The second kappa shape index (κ2) is 8.79. The van der Waals surface area contributed by atoms with Crippen molar-refractivity contribution >= 4 is 29.1 Å². The van der Waals surface area contributed by atoms with E-state index in [1.807, 2.05) is 36.1 Å². The smallest absolute Gasteiger partial charge is 0.324 e. The van der Waals surface area contributed by atoms with Crippen LogP contribution >= 0.6 is 0 Å². The van der Waals surface area contributed by atoms with Crippen LogP contribution in [0.25, 0.3) is 0 Å². The predicted molar refractivity (Wildman–Crippen MR) is 119 cm³/mol. The number of para-hydroxylation sites is 2. The molecule has 2 aromatic rings. The van der Waals surface area contributed by atoms with E-state index >= 15 is 0 Å². The predicted octanol–water partition coefficient (Wildman–Crippen LogP) is 3.95. The molecular weight excluding hydrogens is 394 g/mol. The normalized spacial score (nSPS) is 18.7. The Balaban J connectivity index is 1.35. The van der Waals surface area contributed by atoms with Gasteiger partial charge in [-0.3, -0.25) is 14.5 Å². The number of urea groups is 1. The number of nitrogens with zero attached hydrogens (tertiary/aromatic N) is 2. The van der Waals surface area contributed by atoms with Crippen LogP contribution < -0.4 is 15.0 Å². The number of ketones is 1. The van der Waals surface area contributed by atoms with E-state index in [4.69, 9.17) is 4.74 Å². The lowest BCUT2D eigenvalue weighted by Crippen LogP contribution is -2.51. The lowest BCUT2D eigenvalue weighted by atomic mass is 9.96. The first-order chi connectivity index (χ1) is 14.9. The van der Waals surface area contributed by atoms with Crippen LogP contribution in [0.2, 0.25) is 0 Å². The second-order valence-corrected chi connectivity index (χ2v) is 8.17. The summed E-state index contributed by atoms with van der Waals surface area (Å²) in [5.74, 6) is 0.521. The Kier molecular flexibility index (Phi) is 5.93. The highest BCUT2D eigenvalue weighted by Crippen LogP contribution is 2.34. The van der Waals surface area contributed by atoms with Crippen molar-refractivity contribution in [3.05, 3.63) is 54.1 Å². The number of rotatable bonds is 3. The second-order valence-electron chi connectivity index (χ2n) is 8.17. The molecule has 2 aliphatic heterocycles.